The number of nitrogen functional groups attached to an aromatic ring is 1. The maximum absolute atomic E-state index is 10.5. The van der Waals surface area contributed by atoms with Crippen molar-refractivity contribution in [1.29, 1.82) is 0 Å². The predicted molar refractivity (Wildman–Crippen MR) is 98.1 cm³/mol. The van der Waals surface area contributed by atoms with Crippen LogP contribution in [0.25, 0.3) is 22.2 Å². The molecular weight excluding hydrogens is 284 g/mol. The van der Waals surface area contributed by atoms with E-state index in [1.165, 1.54) is 24.8 Å². The molecule has 3 nitrogen and oxygen atoms in total. The molecule has 0 radical (unpaired) electrons. The van der Waals surface area contributed by atoms with Gasteiger partial charge in [0.25, 0.3) is 0 Å². The van der Waals surface area contributed by atoms with Gasteiger partial charge < -0.3 is 15.8 Å². The van der Waals surface area contributed by atoms with Crippen LogP contribution in [0.1, 0.15) is 37.3 Å². The molecule has 23 heavy (non-hydrogen) atoms. The number of benzene rings is 1. The van der Waals surface area contributed by atoms with Gasteiger partial charge in [-0.1, -0.05) is 44.0 Å². The van der Waals surface area contributed by atoms with Gasteiger partial charge in [-0.3, -0.25) is 0 Å². The lowest BCUT2D eigenvalue weighted by Gasteiger charge is -2.13. The molecular formula is C20H24N2O. The van der Waals surface area contributed by atoms with Gasteiger partial charge in [-0.05, 0) is 30.9 Å². The number of allylic oxidation sites excluding steroid dienone is 1. The molecule has 1 aromatic carbocycles. The van der Waals surface area contributed by atoms with Crippen molar-refractivity contribution in [2.45, 2.75) is 39.0 Å². The van der Waals surface area contributed by atoms with E-state index in [0.717, 1.165) is 34.1 Å². The Kier molecular flexibility index (Phi) is 4.28. The van der Waals surface area contributed by atoms with Crippen molar-refractivity contribution in [3.8, 4) is 17.0 Å². The minimum Gasteiger partial charge on any atom is -0.507 e. The molecule has 0 atom stereocenters. The van der Waals surface area contributed by atoms with Gasteiger partial charge in [0.05, 0.1) is 22.5 Å². The van der Waals surface area contributed by atoms with Crippen molar-refractivity contribution in [1.82, 2.24) is 4.98 Å². The van der Waals surface area contributed by atoms with E-state index in [1.54, 1.807) is 6.08 Å². The van der Waals surface area contributed by atoms with Gasteiger partial charge in [0.1, 0.15) is 5.75 Å². The van der Waals surface area contributed by atoms with Crippen molar-refractivity contribution >= 4 is 16.6 Å². The van der Waals surface area contributed by atoms with E-state index in [-0.39, 0.29) is 5.75 Å². The average molecular weight is 308 g/mol. The third-order valence-electron chi connectivity index (χ3n) is 4.51. The number of pyridine rings is 1. The lowest BCUT2D eigenvalue weighted by Crippen LogP contribution is -1.98. The van der Waals surface area contributed by atoms with Gasteiger partial charge in [0.2, 0.25) is 0 Å². The highest BCUT2D eigenvalue weighted by Crippen LogP contribution is 2.44. The number of aromatic amines is 1. The Hall–Kier alpha value is -2.42. The Balaban J connectivity index is 2.18. The zero-order valence-corrected chi connectivity index (χ0v) is 13.7. The molecule has 0 unspecified atom stereocenters. The Morgan fingerprint density at radius 1 is 1.26 bits per heavy atom. The summed E-state index contributed by atoms with van der Waals surface area (Å²) in [6.07, 6.45) is 7.08. The number of nitrogens with one attached hydrogen (secondary N) is 1. The number of fused-ring (bicyclic) bond motifs is 2. The molecule has 1 aliphatic heterocycles. The van der Waals surface area contributed by atoms with Crippen LogP contribution in [0.4, 0.5) is 5.69 Å². The highest BCUT2D eigenvalue weighted by Gasteiger charge is 2.21. The number of hydrogen-bond acceptors (Lipinski definition) is 2. The van der Waals surface area contributed by atoms with Crippen molar-refractivity contribution in [2.75, 3.05) is 5.73 Å². The first kappa shape index (κ1) is 15.5. The lowest BCUT2D eigenvalue weighted by atomic mass is 10.00. The SMILES string of the molecule is C=CCc1cc2[nH]c3c(CCCCC)cccc3c(N)c-2c1O. The number of aromatic hydroxyl groups is 1. The standard InChI is InChI=1S/C20H24N2O/c1-3-5-6-9-13-10-7-11-15-18(21)17-16(22-19(13)15)12-14(8-4-2)20(17)23/h4,7,10-12,22-23H,2-3,5-6,8-9,21H2,1H3. The minimum atomic E-state index is 0.270. The fourth-order valence-corrected chi connectivity index (χ4v) is 3.30. The fourth-order valence-electron chi connectivity index (χ4n) is 3.30. The van der Waals surface area contributed by atoms with E-state index in [0.29, 0.717) is 12.1 Å². The molecule has 0 amide bonds. The number of H-pyrrole nitrogens is 1. The largest absolute Gasteiger partial charge is 0.507 e. The normalized spacial score (nSPS) is 11.3. The van der Waals surface area contributed by atoms with E-state index < -0.39 is 0 Å². The highest BCUT2D eigenvalue weighted by atomic mass is 16.3. The fraction of sp³-hybridized carbons (Fsp3) is 0.300. The molecule has 0 aromatic heterocycles. The number of rotatable bonds is 6. The van der Waals surface area contributed by atoms with Crippen LogP contribution in [0.5, 0.6) is 5.75 Å². The second kappa shape index (κ2) is 6.37. The highest BCUT2D eigenvalue weighted by molar-refractivity contribution is 6.03. The molecule has 2 aliphatic rings. The number of unbranched alkanes of at least 4 members (excludes halogenated alkanes) is 2. The summed E-state index contributed by atoms with van der Waals surface area (Å²) < 4.78 is 0. The maximum Gasteiger partial charge on any atom is 0.130 e. The molecule has 0 fully saturated rings. The van der Waals surface area contributed by atoms with E-state index in [2.05, 4.69) is 24.6 Å². The van der Waals surface area contributed by atoms with E-state index >= 15 is 0 Å². The Labute approximate surface area is 137 Å². The maximum atomic E-state index is 10.5. The first-order valence-electron chi connectivity index (χ1n) is 8.31. The second-order valence-electron chi connectivity index (χ2n) is 6.14. The van der Waals surface area contributed by atoms with Gasteiger partial charge in [-0.2, -0.15) is 0 Å². The summed E-state index contributed by atoms with van der Waals surface area (Å²) in [5, 5.41) is 11.4. The van der Waals surface area contributed by atoms with E-state index in [1.807, 2.05) is 18.2 Å². The molecule has 0 saturated carbocycles. The molecule has 1 heterocycles. The Morgan fingerprint density at radius 3 is 2.83 bits per heavy atom. The van der Waals surface area contributed by atoms with E-state index in [4.69, 9.17) is 5.73 Å². The predicted octanol–water partition coefficient (Wildman–Crippen LogP) is 5.02. The number of aromatic nitrogens is 1. The summed E-state index contributed by atoms with van der Waals surface area (Å²) in [6.45, 7) is 5.96. The van der Waals surface area contributed by atoms with Crippen molar-refractivity contribution in [3.05, 3.63) is 48.0 Å². The van der Waals surface area contributed by atoms with Gasteiger partial charge in [0.15, 0.2) is 0 Å². The monoisotopic (exact) mass is 308 g/mol. The first-order chi connectivity index (χ1) is 11.2. The van der Waals surface area contributed by atoms with Crippen LogP contribution in [-0.4, -0.2) is 10.1 Å². The number of anilines is 1. The van der Waals surface area contributed by atoms with Crippen molar-refractivity contribution in [2.24, 2.45) is 0 Å². The summed E-state index contributed by atoms with van der Waals surface area (Å²) in [6, 6.07) is 8.20. The topological polar surface area (TPSA) is 62.0 Å². The number of nitrogens with two attached hydrogens (primary N) is 1. The van der Waals surface area contributed by atoms with Crippen LogP contribution in [-0.2, 0) is 12.8 Å². The Bertz CT molecular complexity index is 816. The molecule has 1 aromatic rings. The second-order valence-corrected chi connectivity index (χ2v) is 6.14. The van der Waals surface area contributed by atoms with Crippen LogP contribution >= 0.6 is 0 Å². The summed E-state index contributed by atoms with van der Waals surface area (Å²) in [4.78, 5) is 3.49. The molecule has 0 spiro atoms. The van der Waals surface area contributed by atoms with Crippen LogP contribution in [0, 0.1) is 0 Å². The molecule has 0 saturated heterocycles. The summed E-state index contributed by atoms with van der Waals surface area (Å²) in [5.74, 6) is 0.270. The van der Waals surface area contributed by atoms with Gasteiger partial charge in [0, 0.05) is 10.9 Å². The van der Waals surface area contributed by atoms with Gasteiger partial charge in [-0.15, -0.1) is 6.58 Å². The molecule has 0 bridgehead atoms. The minimum absolute atomic E-state index is 0.270. The number of hydrogen-bond donors (Lipinski definition) is 3. The van der Waals surface area contributed by atoms with Crippen LogP contribution in [0.15, 0.2) is 36.9 Å². The summed E-state index contributed by atoms with van der Waals surface area (Å²) in [7, 11) is 0. The molecule has 4 N–H and O–H groups in total. The van der Waals surface area contributed by atoms with Gasteiger partial charge >= 0.3 is 0 Å². The lowest BCUT2D eigenvalue weighted by molar-refractivity contribution is 0.474. The number of para-hydroxylation sites is 1. The molecule has 120 valence electrons. The van der Waals surface area contributed by atoms with Crippen LogP contribution in [0.2, 0.25) is 0 Å². The van der Waals surface area contributed by atoms with Crippen molar-refractivity contribution in [3.63, 3.8) is 0 Å². The average Bonchev–Trinajstić information content (AvgIpc) is 2.85. The van der Waals surface area contributed by atoms with Crippen LogP contribution in [0.3, 0.4) is 0 Å². The Morgan fingerprint density at radius 2 is 2.09 bits per heavy atom. The van der Waals surface area contributed by atoms with Crippen molar-refractivity contribution < 1.29 is 5.11 Å². The zero-order valence-electron chi connectivity index (χ0n) is 13.7. The quantitative estimate of drug-likeness (QED) is 0.442. The third kappa shape index (κ3) is 2.67. The molecule has 3 heteroatoms. The summed E-state index contributed by atoms with van der Waals surface area (Å²) in [5.41, 5.74) is 11.9. The number of aryl methyl sites for hydroxylation is 1. The van der Waals surface area contributed by atoms with E-state index in [9.17, 15) is 5.11 Å². The smallest absolute Gasteiger partial charge is 0.130 e. The molecule has 1 aliphatic carbocycles. The van der Waals surface area contributed by atoms with Gasteiger partial charge in [-0.25, -0.2) is 0 Å². The summed E-state index contributed by atoms with van der Waals surface area (Å²) >= 11 is 0. The van der Waals surface area contributed by atoms with Crippen LogP contribution < -0.4 is 5.73 Å². The third-order valence-corrected chi connectivity index (χ3v) is 4.51. The zero-order chi connectivity index (χ0) is 16.4. The first-order valence-corrected chi connectivity index (χ1v) is 8.31. The molecule has 3 rings (SSSR count).